The molecule has 16 heavy (non-hydrogen) atoms. The van der Waals surface area contributed by atoms with Crippen LogP contribution in [0.4, 0.5) is 10.1 Å². The molecule has 0 saturated heterocycles. The van der Waals surface area contributed by atoms with E-state index in [1.807, 2.05) is 0 Å². The Morgan fingerprint density at radius 3 is 2.81 bits per heavy atom. The zero-order chi connectivity index (χ0) is 12.1. The van der Waals surface area contributed by atoms with E-state index in [0.717, 1.165) is 0 Å². The summed E-state index contributed by atoms with van der Waals surface area (Å²) < 4.78 is 16.9. The van der Waals surface area contributed by atoms with Gasteiger partial charge in [0.15, 0.2) is 5.75 Å². The molecule has 0 radical (unpaired) electrons. The Bertz CT molecular complexity index is 384. The number of nitro benzene ring substituents is 1. The number of halogens is 1. The topological polar surface area (TPSA) is 78.4 Å². The van der Waals surface area contributed by atoms with Crippen LogP contribution in [-0.2, 0) is 0 Å². The molecule has 0 spiro atoms. The monoisotopic (exact) mass is 228 g/mol. The highest BCUT2D eigenvalue weighted by atomic mass is 19.1. The third kappa shape index (κ3) is 2.66. The smallest absolute Gasteiger partial charge is 0.311 e. The first-order valence-corrected chi connectivity index (χ1v) is 4.74. The van der Waals surface area contributed by atoms with Crippen molar-refractivity contribution in [3.63, 3.8) is 0 Å². The summed E-state index contributed by atoms with van der Waals surface area (Å²) in [5.41, 5.74) is 6.04. The van der Waals surface area contributed by atoms with Crippen LogP contribution in [0.25, 0.3) is 0 Å². The minimum atomic E-state index is -0.555. The fourth-order valence-electron chi connectivity index (χ4n) is 1.36. The Labute approximate surface area is 92.2 Å². The second-order valence-corrected chi connectivity index (χ2v) is 3.27. The Hall–Kier alpha value is -1.69. The number of hydrogen-bond donors (Lipinski definition) is 1. The van der Waals surface area contributed by atoms with Gasteiger partial charge in [-0.1, -0.05) is 6.07 Å². The first kappa shape index (κ1) is 12.4. The molecule has 5 nitrogen and oxygen atoms in total. The second kappa shape index (κ2) is 5.41. The highest BCUT2D eigenvalue weighted by Gasteiger charge is 2.17. The molecule has 0 heterocycles. The Morgan fingerprint density at radius 2 is 2.31 bits per heavy atom. The van der Waals surface area contributed by atoms with E-state index in [4.69, 9.17) is 10.5 Å². The fraction of sp³-hybridized carbons (Fsp3) is 0.400. The maximum absolute atomic E-state index is 12.1. The number of nitrogens with two attached hydrogens (primary N) is 1. The van der Waals surface area contributed by atoms with E-state index in [1.54, 1.807) is 6.07 Å². The molecule has 0 aliphatic rings. The minimum absolute atomic E-state index is 0.142. The van der Waals surface area contributed by atoms with Crippen molar-refractivity contribution < 1.29 is 14.1 Å². The molecule has 1 rings (SSSR count). The molecule has 0 unspecified atom stereocenters. The van der Waals surface area contributed by atoms with Gasteiger partial charge in [0.05, 0.1) is 18.7 Å². The minimum Gasteiger partial charge on any atom is -0.490 e. The van der Waals surface area contributed by atoms with Crippen molar-refractivity contribution in [2.45, 2.75) is 12.5 Å². The van der Waals surface area contributed by atoms with Crippen LogP contribution in [-0.4, -0.2) is 18.7 Å². The Kier molecular flexibility index (Phi) is 4.19. The molecular formula is C10H13FN2O3. The van der Waals surface area contributed by atoms with Crippen LogP contribution in [0.5, 0.6) is 5.75 Å². The lowest BCUT2D eigenvalue weighted by atomic mass is 10.0. The van der Waals surface area contributed by atoms with Crippen LogP contribution >= 0.6 is 0 Å². The SMILES string of the molecule is COc1ccc([C@H](N)CCF)cc1[N+](=O)[O-]. The summed E-state index contributed by atoms with van der Waals surface area (Å²) in [4.78, 5) is 10.2. The molecule has 2 N–H and O–H groups in total. The lowest BCUT2D eigenvalue weighted by molar-refractivity contribution is -0.385. The van der Waals surface area contributed by atoms with E-state index in [0.29, 0.717) is 5.56 Å². The quantitative estimate of drug-likeness (QED) is 0.617. The molecule has 1 atom stereocenters. The summed E-state index contributed by atoms with van der Waals surface area (Å²) in [7, 11) is 1.35. The number of nitrogens with zero attached hydrogens (tertiary/aromatic N) is 1. The largest absolute Gasteiger partial charge is 0.490 e. The molecule has 0 aliphatic heterocycles. The van der Waals surface area contributed by atoms with E-state index >= 15 is 0 Å². The maximum atomic E-state index is 12.1. The number of nitro groups is 1. The lowest BCUT2D eigenvalue weighted by Crippen LogP contribution is -2.11. The highest BCUT2D eigenvalue weighted by Crippen LogP contribution is 2.29. The van der Waals surface area contributed by atoms with Gasteiger partial charge in [-0.3, -0.25) is 14.5 Å². The molecule has 0 aliphatic carbocycles. The number of alkyl halides is 1. The molecule has 0 aromatic heterocycles. The van der Waals surface area contributed by atoms with Crippen LogP contribution in [0.3, 0.4) is 0 Å². The predicted molar refractivity (Wildman–Crippen MR) is 57.2 cm³/mol. The molecule has 0 fully saturated rings. The number of methoxy groups -OCH3 is 1. The molecule has 1 aromatic carbocycles. The second-order valence-electron chi connectivity index (χ2n) is 3.27. The average Bonchev–Trinajstić information content (AvgIpc) is 2.28. The lowest BCUT2D eigenvalue weighted by Gasteiger charge is -2.10. The summed E-state index contributed by atoms with van der Waals surface area (Å²) in [5.74, 6) is 0.168. The van der Waals surface area contributed by atoms with Gasteiger partial charge in [-0.2, -0.15) is 0 Å². The van der Waals surface area contributed by atoms with E-state index < -0.39 is 17.6 Å². The fourth-order valence-corrected chi connectivity index (χ4v) is 1.36. The Morgan fingerprint density at radius 1 is 1.62 bits per heavy atom. The number of ether oxygens (including phenoxy) is 1. The molecular weight excluding hydrogens is 215 g/mol. The average molecular weight is 228 g/mol. The summed E-state index contributed by atoms with van der Waals surface area (Å²) in [6.07, 6.45) is 0.142. The van der Waals surface area contributed by atoms with E-state index in [-0.39, 0.29) is 17.9 Å². The molecule has 88 valence electrons. The van der Waals surface area contributed by atoms with Gasteiger partial charge in [-0.05, 0) is 18.1 Å². The third-order valence-corrected chi connectivity index (χ3v) is 2.25. The standard InChI is InChI=1S/C10H13FN2O3/c1-16-10-3-2-7(8(12)4-5-11)6-9(10)13(14)15/h2-3,6,8H,4-5,12H2,1H3/t8-/m1/s1. The van der Waals surface area contributed by atoms with Crippen molar-refractivity contribution in [3.8, 4) is 5.75 Å². The van der Waals surface area contributed by atoms with Crippen LogP contribution < -0.4 is 10.5 Å². The first-order chi connectivity index (χ1) is 7.60. The zero-order valence-electron chi connectivity index (χ0n) is 8.85. The maximum Gasteiger partial charge on any atom is 0.311 e. The number of hydrogen-bond acceptors (Lipinski definition) is 4. The van der Waals surface area contributed by atoms with Crippen molar-refractivity contribution in [1.82, 2.24) is 0 Å². The summed E-state index contributed by atoms with van der Waals surface area (Å²) in [5, 5.41) is 10.7. The summed E-state index contributed by atoms with van der Waals surface area (Å²) in [6, 6.07) is 3.85. The van der Waals surface area contributed by atoms with Crippen molar-refractivity contribution in [3.05, 3.63) is 33.9 Å². The van der Waals surface area contributed by atoms with Crippen molar-refractivity contribution in [2.75, 3.05) is 13.8 Å². The highest BCUT2D eigenvalue weighted by molar-refractivity contribution is 5.49. The Balaban J connectivity index is 3.06. The van der Waals surface area contributed by atoms with Gasteiger partial charge in [0.1, 0.15) is 0 Å². The molecule has 0 saturated carbocycles. The van der Waals surface area contributed by atoms with Crippen molar-refractivity contribution in [2.24, 2.45) is 5.73 Å². The third-order valence-electron chi connectivity index (χ3n) is 2.25. The normalized spacial score (nSPS) is 12.2. The number of rotatable bonds is 5. The van der Waals surface area contributed by atoms with Crippen molar-refractivity contribution >= 4 is 5.69 Å². The van der Waals surface area contributed by atoms with Gasteiger partial charge in [0.25, 0.3) is 0 Å². The predicted octanol–water partition coefficient (Wildman–Crippen LogP) is 1.96. The van der Waals surface area contributed by atoms with Crippen LogP contribution in [0.2, 0.25) is 0 Å². The van der Waals surface area contributed by atoms with E-state index in [1.165, 1.54) is 19.2 Å². The van der Waals surface area contributed by atoms with Gasteiger partial charge in [0.2, 0.25) is 0 Å². The van der Waals surface area contributed by atoms with Gasteiger partial charge >= 0.3 is 5.69 Å². The van der Waals surface area contributed by atoms with Crippen LogP contribution in [0.15, 0.2) is 18.2 Å². The van der Waals surface area contributed by atoms with Gasteiger partial charge < -0.3 is 10.5 Å². The van der Waals surface area contributed by atoms with Crippen LogP contribution in [0.1, 0.15) is 18.0 Å². The van der Waals surface area contributed by atoms with E-state index in [2.05, 4.69) is 0 Å². The first-order valence-electron chi connectivity index (χ1n) is 4.74. The van der Waals surface area contributed by atoms with Gasteiger partial charge in [0, 0.05) is 12.1 Å². The molecule has 0 bridgehead atoms. The summed E-state index contributed by atoms with van der Waals surface area (Å²) in [6.45, 7) is -0.555. The van der Waals surface area contributed by atoms with Gasteiger partial charge in [-0.25, -0.2) is 0 Å². The molecule has 1 aromatic rings. The van der Waals surface area contributed by atoms with Gasteiger partial charge in [-0.15, -0.1) is 0 Å². The molecule has 0 amide bonds. The summed E-state index contributed by atoms with van der Waals surface area (Å²) >= 11 is 0. The molecule has 6 heteroatoms. The van der Waals surface area contributed by atoms with Crippen LogP contribution in [0, 0.1) is 10.1 Å². The zero-order valence-corrected chi connectivity index (χ0v) is 8.85. The van der Waals surface area contributed by atoms with E-state index in [9.17, 15) is 14.5 Å². The van der Waals surface area contributed by atoms with Crippen molar-refractivity contribution in [1.29, 1.82) is 0 Å². The number of benzene rings is 1.